The first kappa shape index (κ1) is 88.6. The fourth-order valence-electron chi connectivity index (χ4n) is 12.1. The Morgan fingerprint density at radius 3 is 0.707 bits per heavy atom. The van der Waals surface area contributed by atoms with Gasteiger partial charge >= 0.3 is 11.9 Å². The fourth-order valence-corrected chi connectivity index (χ4v) is 12.1. The molecule has 92 heavy (non-hydrogen) atoms. The third-order valence-corrected chi connectivity index (χ3v) is 18.1. The Morgan fingerprint density at radius 2 is 0.467 bits per heavy atom. The third-order valence-electron chi connectivity index (χ3n) is 18.1. The Morgan fingerprint density at radius 1 is 0.261 bits per heavy atom. The average molecular weight is 1280 g/mol. The maximum absolute atomic E-state index is 12.4. The fraction of sp³-hybridized carbons (Fsp3) is 0.770. The van der Waals surface area contributed by atoms with Crippen LogP contribution in [0.3, 0.4) is 0 Å². The number of allylic oxidation sites excluding steroid dienone is 18. The zero-order valence-electron chi connectivity index (χ0n) is 61.3. The molecule has 0 aliphatic heterocycles. The first-order chi connectivity index (χ1) is 45.6. The van der Waals surface area contributed by atoms with Crippen LogP contribution in [0.15, 0.2) is 109 Å². The van der Waals surface area contributed by atoms with Gasteiger partial charge < -0.3 is 14.6 Å². The number of aliphatic hydroxyl groups is 1. The number of hydrogen-bond donors (Lipinski definition) is 1. The summed E-state index contributed by atoms with van der Waals surface area (Å²) in [6, 6.07) is 0. The minimum Gasteiger partial charge on any atom is -0.462 e. The summed E-state index contributed by atoms with van der Waals surface area (Å²) in [4.78, 5) is 24.7. The minimum absolute atomic E-state index is 0.0692. The molecule has 0 saturated heterocycles. The highest BCUT2D eigenvalue weighted by Gasteiger charge is 2.16. The minimum atomic E-state index is -0.783. The van der Waals surface area contributed by atoms with Gasteiger partial charge in [-0.25, -0.2) is 0 Å². The first-order valence-electron chi connectivity index (χ1n) is 40.4. The second-order valence-electron chi connectivity index (χ2n) is 27.1. The molecule has 0 aromatic carbocycles. The normalized spacial score (nSPS) is 12.8. The van der Waals surface area contributed by atoms with Crippen molar-refractivity contribution in [3.8, 4) is 0 Å². The van der Waals surface area contributed by atoms with E-state index in [9.17, 15) is 14.7 Å². The van der Waals surface area contributed by atoms with Gasteiger partial charge in [0, 0.05) is 12.8 Å². The molecule has 0 amide bonds. The van der Waals surface area contributed by atoms with E-state index >= 15 is 0 Å². The molecule has 532 valence electrons. The summed E-state index contributed by atoms with van der Waals surface area (Å²) in [6.07, 6.45) is 119. The van der Waals surface area contributed by atoms with Crippen LogP contribution in [-0.4, -0.2) is 36.4 Å². The number of carbonyl (C=O) groups is 2. The van der Waals surface area contributed by atoms with Gasteiger partial charge in [0.05, 0.1) is 6.61 Å². The number of rotatable bonds is 75. The second kappa shape index (κ2) is 81.8. The van der Waals surface area contributed by atoms with Crippen LogP contribution >= 0.6 is 0 Å². The van der Waals surface area contributed by atoms with E-state index in [0.29, 0.717) is 12.8 Å². The highest BCUT2D eigenvalue weighted by molar-refractivity contribution is 5.70. The van der Waals surface area contributed by atoms with Gasteiger partial charge in [0.1, 0.15) is 6.61 Å². The molecule has 0 aromatic heterocycles. The summed E-state index contributed by atoms with van der Waals surface area (Å²) in [5.74, 6) is -0.585. The van der Waals surface area contributed by atoms with Gasteiger partial charge in [-0.3, -0.25) is 9.59 Å². The van der Waals surface area contributed by atoms with E-state index in [1.807, 2.05) is 0 Å². The molecule has 0 fully saturated rings. The van der Waals surface area contributed by atoms with Crippen LogP contribution in [0, 0.1) is 0 Å². The molecule has 5 nitrogen and oxygen atoms in total. The molecule has 0 radical (unpaired) electrons. The van der Waals surface area contributed by atoms with Crippen molar-refractivity contribution in [1.29, 1.82) is 0 Å². The standard InChI is InChI=1S/C87H154O5/c1-3-5-7-9-11-13-15-17-19-21-23-25-27-29-31-33-35-37-39-41-42-43-44-46-47-49-51-53-55-57-59-61-63-65-67-69-71-73-75-77-79-81-86(89)91-84-85(83-88)92-87(90)82-80-78-76-74-72-70-68-66-64-62-60-58-56-54-52-50-48-45-40-38-36-34-32-30-28-26-24-22-20-18-16-14-12-10-8-6-4-2/h6,8,12,14,18,20,24,26,30,32,36,38,45,48,52,54,58,60,85,88H,3-5,7,9-11,13,15-17,19,21-23,25,27-29,31,33-35,37,39-44,46-47,49-51,53,55-57,59,61-84H2,1-2H3/b8-6-,14-12-,20-18-,26-24-,32-30-,38-36-,48-45-,54-52-,60-58-. The Hall–Kier alpha value is -3.44. The Kier molecular flexibility index (Phi) is 78.7. The lowest BCUT2D eigenvalue weighted by Crippen LogP contribution is -2.28. The summed E-state index contributed by atoms with van der Waals surface area (Å²) >= 11 is 0. The van der Waals surface area contributed by atoms with Crippen LogP contribution in [0.4, 0.5) is 0 Å². The molecular weight excluding hydrogens is 1120 g/mol. The molecular formula is C87H154O5. The lowest BCUT2D eigenvalue weighted by Gasteiger charge is -2.15. The van der Waals surface area contributed by atoms with Crippen LogP contribution in [0.2, 0.25) is 0 Å². The molecule has 0 saturated carbocycles. The van der Waals surface area contributed by atoms with E-state index in [-0.39, 0.29) is 25.2 Å². The van der Waals surface area contributed by atoms with Crippen LogP contribution in [0.25, 0.3) is 0 Å². The number of esters is 2. The Balaban J connectivity index is 3.44. The summed E-state index contributed by atoms with van der Waals surface area (Å²) in [5, 5.41) is 9.73. The van der Waals surface area contributed by atoms with E-state index in [4.69, 9.17) is 9.47 Å². The topological polar surface area (TPSA) is 72.8 Å². The van der Waals surface area contributed by atoms with Crippen molar-refractivity contribution < 1.29 is 24.2 Å². The van der Waals surface area contributed by atoms with Gasteiger partial charge in [0.2, 0.25) is 0 Å². The molecule has 0 heterocycles. The van der Waals surface area contributed by atoms with Crippen molar-refractivity contribution in [3.63, 3.8) is 0 Å². The van der Waals surface area contributed by atoms with Gasteiger partial charge in [0.15, 0.2) is 6.10 Å². The van der Waals surface area contributed by atoms with Gasteiger partial charge in [0.25, 0.3) is 0 Å². The number of hydrogen-bond acceptors (Lipinski definition) is 5. The molecule has 0 rings (SSSR count). The monoisotopic (exact) mass is 1280 g/mol. The Bertz CT molecular complexity index is 1740. The van der Waals surface area contributed by atoms with Gasteiger partial charge in [-0.1, -0.05) is 425 Å². The molecule has 0 aliphatic rings. The molecule has 1 N–H and O–H groups in total. The van der Waals surface area contributed by atoms with Crippen LogP contribution in [0.1, 0.15) is 412 Å². The zero-order valence-corrected chi connectivity index (χ0v) is 61.3. The molecule has 0 spiro atoms. The second-order valence-corrected chi connectivity index (χ2v) is 27.1. The molecule has 0 aromatic rings. The highest BCUT2D eigenvalue weighted by Crippen LogP contribution is 2.20. The summed E-state index contributed by atoms with van der Waals surface area (Å²) in [6.45, 7) is 4.07. The van der Waals surface area contributed by atoms with Crippen molar-refractivity contribution in [3.05, 3.63) is 109 Å². The van der Waals surface area contributed by atoms with E-state index < -0.39 is 6.10 Å². The maximum Gasteiger partial charge on any atom is 0.306 e. The summed E-state index contributed by atoms with van der Waals surface area (Å²) < 4.78 is 10.8. The van der Waals surface area contributed by atoms with E-state index in [1.165, 1.54) is 283 Å². The number of aliphatic hydroxyl groups excluding tert-OH is 1. The average Bonchev–Trinajstić information content (AvgIpc) is 3.70. The van der Waals surface area contributed by atoms with E-state index in [0.717, 1.165) is 103 Å². The molecule has 0 bridgehead atoms. The maximum atomic E-state index is 12.4. The highest BCUT2D eigenvalue weighted by atomic mass is 16.6. The Labute approximate surface area is 573 Å². The van der Waals surface area contributed by atoms with Crippen molar-refractivity contribution in [2.75, 3.05) is 13.2 Å². The van der Waals surface area contributed by atoms with E-state index in [1.54, 1.807) is 0 Å². The number of unbranched alkanes of at least 4 members (excludes halogenated alkanes) is 49. The van der Waals surface area contributed by atoms with Crippen LogP contribution in [0.5, 0.6) is 0 Å². The van der Waals surface area contributed by atoms with Crippen LogP contribution in [-0.2, 0) is 19.1 Å². The molecule has 1 atom stereocenters. The molecule has 0 aliphatic carbocycles. The smallest absolute Gasteiger partial charge is 0.306 e. The number of carbonyl (C=O) groups excluding carboxylic acids is 2. The van der Waals surface area contributed by atoms with Crippen molar-refractivity contribution in [2.45, 2.75) is 418 Å². The summed E-state index contributed by atoms with van der Waals surface area (Å²) in [5.41, 5.74) is 0. The molecule has 5 heteroatoms. The third kappa shape index (κ3) is 79.0. The number of ether oxygens (including phenoxy) is 2. The SMILES string of the molecule is CC/C=C\C/C=C\C/C=C\C/C=C\C/C=C\C/C=C\C/C=C\C/C=C\C/C=C\CCCCCCCCCCCC(=O)OC(CO)COC(=O)CCCCCCCCCCCCCCCCCCCCCCCCCCCCCCCCCCCCCCCCCCC. The lowest BCUT2D eigenvalue weighted by atomic mass is 10.0. The summed E-state index contributed by atoms with van der Waals surface area (Å²) in [7, 11) is 0. The quantitative estimate of drug-likeness (QED) is 0.0373. The van der Waals surface area contributed by atoms with Gasteiger partial charge in [-0.05, 0) is 83.5 Å². The molecule has 1 unspecified atom stereocenters. The zero-order chi connectivity index (χ0) is 66.1. The van der Waals surface area contributed by atoms with Crippen molar-refractivity contribution in [1.82, 2.24) is 0 Å². The van der Waals surface area contributed by atoms with Crippen molar-refractivity contribution in [2.24, 2.45) is 0 Å². The predicted molar refractivity (Wildman–Crippen MR) is 408 cm³/mol. The van der Waals surface area contributed by atoms with E-state index in [2.05, 4.69) is 123 Å². The largest absolute Gasteiger partial charge is 0.462 e. The predicted octanol–water partition coefficient (Wildman–Crippen LogP) is 28.7. The van der Waals surface area contributed by atoms with Gasteiger partial charge in [-0.2, -0.15) is 0 Å². The van der Waals surface area contributed by atoms with Crippen LogP contribution < -0.4 is 0 Å². The first-order valence-corrected chi connectivity index (χ1v) is 40.4. The lowest BCUT2D eigenvalue weighted by molar-refractivity contribution is -0.161. The van der Waals surface area contributed by atoms with Crippen molar-refractivity contribution >= 4 is 11.9 Å². The van der Waals surface area contributed by atoms with Gasteiger partial charge in [-0.15, -0.1) is 0 Å².